The van der Waals surface area contributed by atoms with Gasteiger partial charge in [0, 0.05) is 16.5 Å². The van der Waals surface area contributed by atoms with Crippen LogP contribution in [0.2, 0.25) is 0 Å². The summed E-state index contributed by atoms with van der Waals surface area (Å²) in [6.45, 7) is 2.06. The molecule has 0 aliphatic carbocycles. The number of nitrogens with zero attached hydrogens (tertiary/aromatic N) is 1. The maximum Gasteiger partial charge on any atom is 0.257 e. The van der Waals surface area contributed by atoms with Crippen LogP contribution in [-0.4, -0.2) is 10.9 Å². The minimum absolute atomic E-state index is 0.153. The molecule has 0 aliphatic rings. The number of benzene rings is 3. The second kappa shape index (κ2) is 7.56. The van der Waals surface area contributed by atoms with Gasteiger partial charge in [0.15, 0.2) is 5.13 Å². The van der Waals surface area contributed by atoms with Crippen molar-refractivity contribution in [2.24, 2.45) is 0 Å². The number of carbonyl (C=O) groups is 1. The Bertz CT molecular complexity index is 1050. The van der Waals surface area contributed by atoms with E-state index < -0.39 is 0 Å². The third-order valence-electron chi connectivity index (χ3n) is 4.33. The fourth-order valence-electron chi connectivity index (χ4n) is 2.80. The van der Waals surface area contributed by atoms with Crippen LogP contribution in [0.25, 0.3) is 22.4 Å². The lowest BCUT2D eigenvalue weighted by Crippen LogP contribution is -2.11. The molecule has 0 aliphatic heterocycles. The normalized spacial score (nSPS) is 10.6. The minimum Gasteiger partial charge on any atom is -0.298 e. The standard InChI is InChI=1S/C23H18N2OS/c1-16-7-9-19(10-8-16)21-15-27-23(24-21)25-22(26)20-13-11-18(12-14-20)17-5-3-2-4-6-17/h2-15H,1H3,(H,24,25,26). The van der Waals surface area contributed by atoms with Crippen LogP contribution in [0, 0.1) is 6.92 Å². The molecule has 1 amide bonds. The first-order valence-corrected chi connectivity index (χ1v) is 9.56. The molecule has 0 unspecified atom stereocenters. The van der Waals surface area contributed by atoms with E-state index in [0.717, 1.165) is 22.4 Å². The number of rotatable bonds is 4. The van der Waals surface area contributed by atoms with Crippen molar-refractivity contribution in [3.05, 3.63) is 95.4 Å². The first kappa shape index (κ1) is 17.2. The number of thiazole rings is 1. The Balaban J connectivity index is 1.47. The van der Waals surface area contributed by atoms with Crippen LogP contribution in [0.5, 0.6) is 0 Å². The maximum atomic E-state index is 12.5. The van der Waals surface area contributed by atoms with E-state index in [1.54, 1.807) is 0 Å². The van der Waals surface area contributed by atoms with Gasteiger partial charge < -0.3 is 0 Å². The van der Waals surface area contributed by atoms with Gasteiger partial charge in [0.2, 0.25) is 0 Å². The molecule has 0 saturated heterocycles. The summed E-state index contributed by atoms with van der Waals surface area (Å²) in [5.74, 6) is -0.153. The highest BCUT2D eigenvalue weighted by Crippen LogP contribution is 2.26. The van der Waals surface area contributed by atoms with Gasteiger partial charge in [0.05, 0.1) is 5.69 Å². The SMILES string of the molecule is Cc1ccc(-c2csc(NC(=O)c3ccc(-c4ccccc4)cc3)n2)cc1. The largest absolute Gasteiger partial charge is 0.298 e. The number of aromatic nitrogens is 1. The number of aryl methyl sites for hydroxylation is 1. The predicted octanol–water partition coefficient (Wildman–Crippen LogP) is 6.04. The van der Waals surface area contributed by atoms with Crippen molar-refractivity contribution in [2.75, 3.05) is 5.32 Å². The Morgan fingerprint density at radius 3 is 2.15 bits per heavy atom. The average molecular weight is 370 g/mol. The van der Waals surface area contributed by atoms with E-state index in [2.05, 4.69) is 41.5 Å². The Morgan fingerprint density at radius 2 is 1.44 bits per heavy atom. The molecule has 3 nitrogen and oxygen atoms in total. The van der Waals surface area contributed by atoms with E-state index in [0.29, 0.717) is 10.7 Å². The van der Waals surface area contributed by atoms with Crippen LogP contribution in [0.15, 0.2) is 84.2 Å². The molecule has 0 spiro atoms. The molecule has 4 heteroatoms. The van der Waals surface area contributed by atoms with E-state index in [4.69, 9.17) is 0 Å². The molecule has 0 fully saturated rings. The first-order valence-electron chi connectivity index (χ1n) is 8.68. The summed E-state index contributed by atoms with van der Waals surface area (Å²) in [5, 5.41) is 5.44. The first-order chi connectivity index (χ1) is 13.2. The molecule has 0 saturated carbocycles. The van der Waals surface area contributed by atoms with Crippen LogP contribution < -0.4 is 5.32 Å². The van der Waals surface area contributed by atoms with Gasteiger partial charge in [-0.15, -0.1) is 11.3 Å². The molecule has 4 rings (SSSR count). The Hall–Kier alpha value is -3.24. The summed E-state index contributed by atoms with van der Waals surface area (Å²) in [6.07, 6.45) is 0. The molecule has 0 radical (unpaired) electrons. The highest BCUT2D eigenvalue weighted by atomic mass is 32.1. The summed E-state index contributed by atoms with van der Waals surface area (Å²) in [6, 6.07) is 25.9. The number of hydrogen-bond acceptors (Lipinski definition) is 3. The van der Waals surface area contributed by atoms with Gasteiger partial charge in [0.25, 0.3) is 5.91 Å². The van der Waals surface area contributed by atoms with Crippen LogP contribution >= 0.6 is 11.3 Å². The van der Waals surface area contributed by atoms with Gasteiger partial charge in [0.1, 0.15) is 0 Å². The van der Waals surface area contributed by atoms with Crippen LogP contribution in [0.3, 0.4) is 0 Å². The van der Waals surface area contributed by atoms with Crippen molar-refractivity contribution in [1.29, 1.82) is 0 Å². The molecular weight excluding hydrogens is 352 g/mol. The van der Waals surface area contributed by atoms with Gasteiger partial charge in [-0.3, -0.25) is 10.1 Å². The molecule has 3 aromatic carbocycles. The molecule has 0 bridgehead atoms. The van der Waals surface area contributed by atoms with Crippen LogP contribution in [-0.2, 0) is 0 Å². The van der Waals surface area contributed by atoms with Gasteiger partial charge in [-0.2, -0.15) is 0 Å². The van der Waals surface area contributed by atoms with Crippen LogP contribution in [0.1, 0.15) is 15.9 Å². The number of hydrogen-bond donors (Lipinski definition) is 1. The van der Waals surface area contributed by atoms with E-state index in [9.17, 15) is 4.79 Å². The lowest BCUT2D eigenvalue weighted by Gasteiger charge is -2.04. The van der Waals surface area contributed by atoms with Crippen molar-refractivity contribution in [1.82, 2.24) is 4.98 Å². The maximum absolute atomic E-state index is 12.5. The second-order valence-electron chi connectivity index (χ2n) is 6.30. The third kappa shape index (κ3) is 3.96. The molecule has 1 N–H and O–H groups in total. The Labute approximate surface area is 162 Å². The lowest BCUT2D eigenvalue weighted by molar-refractivity contribution is 0.102. The average Bonchev–Trinajstić information content (AvgIpc) is 3.18. The van der Waals surface area contributed by atoms with Crippen molar-refractivity contribution in [3.8, 4) is 22.4 Å². The zero-order chi connectivity index (χ0) is 18.6. The molecule has 1 heterocycles. The molecule has 4 aromatic rings. The molecule has 1 aromatic heterocycles. The zero-order valence-electron chi connectivity index (χ0n) is 14.8. The van der Waals surface area contributed by atoms with Gasteiger partial charge >= 0.3 is 0 Å². The van der Waals surface area contributed by atoms with Gasteiger partial charge in [-0.1, -0.05) is 72.3 Å². The second-order valence-corrected chi connectivity index (χ2v) is 7.16. The van der Waals surface area contributed by atoms with Gasteiger partial charge in [-0.05, 0) is 30.2 Å². The fourth-order valence-corrected chi connectivity index (χ4v) is 3.52. The van der Waals surface area contributed by atoms with E-state index >= 15 is 0 Å². The highest BCUT2D eigenvalue weighted by Gasteiger charge is 2.10. The summed E-state index contributed by atoms with van der Waals surface area (Å²) >= 11 is 1.43. The molecular formula is C23H18N2OS. The predicted molar refractivity (Wildman–Crippen MR) is 112 cm³/mol. The van der Waals surface area contributed by atoms with Crippen molar-refractivity contribution >= 4 is 22.4 Å². The zero-order valence-corrected chi connectivity index (χ0v) is 15.7. The minimum atomic E-state index is -0.153. The van der Waals surface area contributed by atoms with Crippen LogP contribution in [0.4, 0.5) is 5.13 Å². The topological polar surface area (TPSA) is 42.0 Å². The van der Waals surface area contributed by atoms with Crippen molar-refractivity contribution < 1.29 is 4.79 Å². The quantitative estimate of drug-likeness (QED) is 0.476. The highest BCUT2D eigenvalue weighted by molar-refractivity contribution is 7.14. The Kier molecular flexibility index (Phi) is 4.81. The summed E-state index contributed by atoms with van der Waals surface area (Å²) in [5.41, 5.74) is 5.96. The van der Waals surface area contributed by atoms with E-state index in [-0.39, 0.29) is 5.91 Å². The number of nitrogens with one attached hydrogen (secondary N) is 1. The van der Waals surface area contributed by atoms with Crippen molar-refractivity contribution in [3.63, 3.8) is 0 Å². The third-order valence-corrected chi connectivity index (χ3v) is 5.08. The fraction of sp³-hybridized carbons (Fsp3) is 0.0435. The van der Waals surface area contributed by atoms with Crippen molar-refractivity contribution in [2.45, 2.75) is 6.92 Å². The summed E-state index contributed by atoms with van der Waals surface area (Å²) < 4.78 is 0. The molecule has 0 atom stereocenters. The number of amides is 1. The summed E-state index contributed by atoms with van der Waals surface area (Å²) in [4.78, 5) is 17.0. The lowest BCUT2D eigenvalue weighted by atomic mass is 10.0. The monoisotopic (exact) mass is 370 g/mol. The smallest absolute Gasteiger partial charge is 0.257 e. The molecule has 132 valence electrons. The summed E-state index contributed by atoms with van der Waals surface area (Å²) in [7, 11) is 0. The van der Waals surface area contributed by atoms with E-state index in [1.807, 2.05) is 60.0 Å². The molecule has 27 heavy (non-hydrogen) atoms. The Morgan fingerprint density at radius 1 is 0.815 bits per heavy atom. The van der Waals surface area contributed by atoms with E-state index in [1.165, 1.54) is 16.9 Å². The van der Waals surface area contributed by atoms with Gasteiger partial charge in [-0.25, -0.2) is 4.98 Å². The number of anilines is 1. The number of carbonyl (C=O) groups excluding carboxylic acids is 1.